The minimum Gasteiger partial charge on any atom is -0.480 e. The number of amides is 1. The second-order valence-corrected chi connectivity index (χ2v) is 8.81. The number of carbonyl (C=O) groups excluding carboxylic acids is 1. The number of carboxylic acids is 1. The van der Waals surface area contributed by atoms with Crippen LogP contribution in [0.3, 0.4) is 0 Å². The van der Waals surface area contributed by atoms with Crippen molar-refractivity contribution < 1.29 is 19.4 Å². The number of aliphatic carboxylic acids is 1. The van der Waals surface area contributed by atoms with E-state index >= 15 is 0 Å². The summed E-state index contributed by atoms with van der Waals surface area (Å²) in [5.74, 6) is -0.917. The minimum absolute atomic E-state index is 0.0434. The predicted octanol–water partition coefficient (Wildman–Crippen LogP) is 3.28. The third kappa shape index (κ3) is 1.71. The number of carbonyl (C=O) groups is 2. The molecule has 22 heavy (non-hydrogen) atoms. The van der Waals surface area contributed by atoms with Crippen LogP contribution in [-0.4, -0.2) is 40.3 Å². The lowest BCUT2D eigenvalue weighted by Crippen LogP contribution is -2.43. The highest BCUT2D eigenvalue weighted by Crippen LogP contribution is 2.88. The van der Waals surface area contributed by atoms with Gasteiger partial charge in [0.25, 0.3) is 0 Å². The Morgan fingerprint density at radius 3 is 2.14 bits per heavy atom. The Hall–Kier alpha value is -1.26. The molecule has 2 spiro atoms. The van der Waals surface area contributed by atoms with Gasteiger partial charge in [-0.25, -0.2) is 9.59 Å². The van der Waals surface area contributed by atoms with E-state index < -0.39 is 23.7 Å². The van der Waals surface area contributed by atoms with Gasteiger partial charge in [0.05, 0.1) is 0 Å². The van der Waals surface area contributed by atoms with Gasteiger partial charge in [0.1, 0.15) is 11.6 Å². The Kier molecular flexibility index (Phi) is 2.97. The van der Waals surface area contributed by atoms with Crippen LogP contribution >= 0.6 is 0 Å². The predicted molar refractivity (Wildman–Crippen MR) is 81.5 cm³/mol. The van der Waals surface area contributed by atoms with Crippen LogP contribution in [0.1, 0.15) is 60.3 Å². The van der Waals surface area contributed by atoms with E-state index in [9.17, 15) is 14.7 Å². The zero-order chi connectivity index (χ0) is 16.6. The monoisotopic (exact) mass is 309 g/mol. The first-order valence-electron chi connectivity index (χ1n) is 8.20. The van der Waals surface area contributed by atoms with Crippen LogP contribution in [0, 0.1) is 16.2 Å². The van der Waals surface area contributed by atoms with Crippen molar-refractivity contribution in [3.63, 3.8) is 0 Å². The normalized spacial score (nSPS) is 34.6. The molecule has 5 heteroatoms. The average Bonchev–Trinajstić information content (AvgIpc) is 2.60. The van der Waals surface area contributed by atoms with Crippen molar-refractivity contribution in [2.45, 2.75) is 71.9 Å². The van der Waals surface area contributed by atoms with E-state index in [1.54, 1.807) is 20.8 Å². The van der Waals surface area contributed by atoms with E-state index in [1.165, 1.54) is 11.3 Å². The molecular formula is C17H27NO4. The third-order valence-electron chi connectivity index (χ3n) is 6.72. The summed E-state index contributed by atoms with van der Waals surface area (Å²) in [6, 6.07) is -0.755. The number of carboxylic acid groups (broad SMARTS) is 1. The number of nitrogens with zero attached hydrogens (tertiary/aromatic N) is 1. The number of ether oxygens (including phenoxy) is 1. The van der Waals surface area contributed by atoms with Crippen LogP contribution in [-0.2, 0) is 9.53 Å². The largest absolute Gasteiger partial charge is 0.480 e. The van der Waals surface area contributed by atoms with E-state index in [1.807, 2.05) is 0 Å². The van der Waals surface area contributed by atoms with Gasteiger partial charge in [0.2, 0.25) is 0 Å². The number of hydrogen-bond donors (Lipinski definition) is 1. The SMILES string of the molecule is CC(C)(C)OC(=O)N1CC2(CC1C(=O)O)C(C)(C)C21CCC1. The first-order valence-corrected chi connectivity index (χ1v) is 8.20. The van der Waals surface area contributed by atoms with Gasteiger partial charge in [-0.1, -0.05) is 20.3 Å². The van der Waals surface area contributed by atoms with E-state index in [2.05, 4.69) is 13.8 Å². The molecule has 1 heterocycles. The number of rotatable bonds is 1. The van der Waals surface area contributed by atoms with Crippen molar-refractivity contribution in [1.82, 2.24) is 4.90 Å². The summed E-state index contributed by atoms with van der Waals surface area (Å²) in [5, 5.41) is 9.57. The molecule has 0 aromatic heterocycles. The summed E-state index contributed by atoms with van der Waals surface area (Å²) in [6.07, 6.45) is 3.61. The molecule has 124 valence electrons. The topological polar surface area (TPSA) is 66.8 Å². The lowest BCUT2D eigenvalue weighted by molar-refractivity contribution is -0.142. The fraction of sp³-hybridized carbons (Fsp3) is 0.882. The van der Waals surface area contributed by atoms with Crippen LogP contribution in [0.2, 0.25) is 0 Å². The first-order chi connectivity index (χ1) is 9.97. The van der Waals surface area contributed by atoms with Crippen molar-refractivity contribution in [3.05, 3.63) is 0 Å². The van der Waals surface area contributed by atoms with Crippen molar-refractivity contribution in [2.24, 2.45) is 16.2 Å². The fourth-order valence-corrected chi connectivity index (χ4v) is 5.33. The Morgan fingerprint density at radius 2 is 1.77 bits per heavy atom. The zero-order valence-corrected chi connectivity index (χ0v) is 14.2. The summed E-state index contributed by atoms with van der Waals surface area (Å²) in [7, 11) is 0. The van der Waals surface area contributed by atoms with Gasteiger partial charge in [-0.3, -0.25) is 4.90 Å². The molecule has 1 N–H and O–H groups in total. The fourth-order valence-electron chi connectivity index (χ4n) is 5.33. The zero-order valence-electron chi connectivity index (χ0n) is 14.2. The molecule has 0 aromatic carbocycles. The maximum absolute atomic E-state index is 12.5. The highest BCUT2D eigenvalue weighted by Gasteiger charge is 2.85. The molecule has 2 atom stereocenters. The Bertz CT molecular complexity index is 529. The van der Waals surface area contributed by atoms with Crippen LogP contribution in [0.25, 0.3) is 0 Å². The summed E-state index contributed by atoms with van der Waals surface area (Å²) in [6.45, 7) is 10.4. The summed E-state index contributed by atoms with van der Waals surface area (Å²) in [4.78, 5) is 25.6. The van der Waals surface area contributed by atoms with Crippen molar-refractivity contribution in [2.75, 3.05) is 6.54 Å². The molecule has 2 aliphatic carbocycles. The molecular weight excluding hydrogens is 282 g/mol. The summed E-state index contributed by atoms with van der Waals surface area (Å²) < 4.78 is 5.43. The third-order valence-corrected chi connectivity index (χ3v) is 6.72. The maximum atomic E-state index is 12.5. The lowest BCUT2D eigenvalue weighted by atomic mass is 9.73. The second kappa shape index (κ2) is 4.18. The molecule has 0 bridgehead atoms. The van der Waals surface area contributed by atoms with Crippen molar-refractivity contribution in [3.8, 4) is 0 Å². The quantitative estimate of drug-likeness (QED) is 0.807. The van der Waals surface area contributed by atoms with Gasteiger partial charge in [-0.2, -0.15) is 0 Å². The number of hydrogen-bond acceptors (Lipinski definition) is 3. The van der Waals surface area contributed by atoms with Crippen LogP contribution in [0.15, 0.2) is 0 Å². The molecule has 0 aromatic rings. The summed E-state index contributed by atoms with van der Waals surface area (Å²) >= 11 is 0. The van der Waals surface area contributed by atoms with E-state index in [0.717, 1.165) is 12.8 Å². The number of fused-ring (bicyclic) bond motifs is 1. The van der Waals surface area contributed by atoms with Crippen molar-refractivity contribution in [1.29, 1.82) is 0 Å². The molecule has 2 saturated carbocycles. The van der Waals surface area contributed by atoms with Crippen LogP contribution in [0.4, 0.5) is 4.79 Å². The standard InChI is InChI=1S/C17H27NO4/c1-14(2,3)22-13(21)18-10-17(9-11(18)12(19)20)15(4,5)16(17)7-6-8-16/h11H,6-10H2,1-5H3,(H,19,20). The van der Waals surface area contributed by atoms with Crippen molar-refractivity contribution >= 4 is 12.1 Å². The molecule has 0 radical (unpaired) electrons. The smallest absolute Gasteiger partial charge is 0.411 e. The number of likely N-dealkylation sites (tertiary alicyclic amines) is 1. The molecule has 3 rings (SSSR count). The Balaban J connectivity index is 1.86. The first kappa shape index (κ1) is 15.6. The van der Waals surface area contributed by atoms with Gasteiger partial charge in [0.15, 0.2) is 0 Å². The highest BCUT2D eigenvalue weighted by molar-refractivity contribution is 5.81. The molecule has 3 fully saturated rings. The van der Waals surface area contributed by atoms with E-state index in [0.29, 0.717) is 13.0 Å². The molecule has 2 unspecified atom stereocenters. The van der Waals surface area contributed by atoms with E-state index in [-0.39, 0.29) is 16.2 Å². The summed E-state index contributed by atoms with van der Waals surface area (Å²) in [5.41, 5.74) is -0.297. The average molecular weight is 309 g/mol. The van der Waals surface area contributed by atoms with Gasteiger partial charge >= 0.3 is 12.1 Å². The molecule has 1 aliphatic heterocycles. The maximum Gasteiger partial charge on any atom is 0.411 e. The second-order valence-electron chi connectivity index (χ2n) is 8.81. The minimum atomic E-state index is -0.917. The van der Waals surface area contributed by atoms with Gasteiger partial charge in [-0.15, -0.1) is 0 Å². The molecule has 3 aliphatic rings. The molecule has 5 nitrogen and oxygen atoms in total. The van der Waals surface area contributed by atoms with Gasteiger partial charge in [0, 0.05) is 12.0 Å². The lowest BCUT2D eigenvalue weighted by Gasteiger charge is -2.32. The molecule has 1 amide bonds. The highest BCUT2D eigenvalue weighted by atomic mass is 16.6. The molecule has 1 saturated heterocycles. The van der Waals surface area contributed by atoms with Gasteiger partial charge in [-0.05, 0) is 50.9 Å². The Morgan fingerprint density at radius 1 is 1.18 bits per heavy atom. The van der Waals surface area contributed by atoms with Crippen LogP contribution in [0.5, 0.6) is 0 Å². The van der Waals surface area contributed by atoms with Crippen LogP contribution < -0.4 is 0 Å². The Labute approximate surface area is 132 Å². The van der Waals surface area contributed by atoms with E-state index in [4.69, 9.17) is 4.74 Å². The van der Waals surface area contributed by atoms with Gasteiger partial charge < -0.3 is 9.84 Å².